The van der Waals surface area contributed by atoms with E-state index in [1.165, 1.54) is 12.3 Å². The van der Waals surface area contributed by atoms with Crippen LogP contribution in [0.15, 0.2) is 35.5 Å². The van der Waals surface area contributed by atoms with Crippen LogP contribution in [0, 0.1) is 11.6 Å². The Morgan fingerprint density at radius 3 is 2.50 bits per heavy atom. The Morgan fingerprint density at radius 2 is 1.95 bits per heavy atom. The van der Waals surface area contributed by atoms with E-state index < -0.39 is 38.9 Å². The summed E-state index contributed by atoms with van der Waals surface area (Å²) in [5, 5.41) is 8.72. The molecule has 1 heterocycles. The van der Waals surface area contributed by atoms with Gasteiger partial charge in [0.15, 0.2) is 0 Å². The third kappa shape index (κ3) is 2.62. The van der Waals surface area contributed by atoms with Crippen molar-refractivity contribution in [2.45, 2.75) is 4.90 Å². The second-order valence-electron chi connectivity index (χ2n) is 3.77. The molecule has 0 aliphatic heterocycles. The van der Waals surface area contributed by atoms with Crippen molar-refractivity contribution in [2.75, 3.05) is 4.72 Å². The third-order valence-electron chi connectivity index (χ3n) is 2.41. The first-order chi connectivity index (χ1) is 9.31. The third-order valence-corrected chi connectivity index (χ3v) is 3.77. The van der Waals surface area contributed by atoms with Crippen LogP contribution >= 0.6 is 0 Å². The van der Waals surface area contributed by atoms with Crippen molar-refractivity contribution in [1.29, 1.82) is 0 Å². The van der Waals surface area contributed by atoms with Crippen LogP contribution in [0.5, 0.6) is 0 Å². The normalized spacial score (nSPS) is 11.3. The van der Waals surface area contributed by atoms with E-state index in [1.54, 1.807) is 0 Å². The van der Waals surface area contributed by atoms with Gasteiger partial charge in [0.05, 0.1) is 11.3 Å². The Balaban J connectivity index is 2.44. The highest BCUT2D eigenvalue weighted by Crippen LogP contribution is 2.22. The number of hydrogen-bond acceptors (Lipinski definition) is 3. The predicted molar refractivity (Wildman–Crippen MR) is 64.9 cm³/mol. The van der Waals surface area contributed by atoms with Gasteiger partial charge in [0.2, 0.25) is 0 Å². The number of anilines is 1. The van der Waals surface area contributed by atoms with Crippen molar-refractivity contribution in [2.24, 2.45) is 0 Å². The van der Waals surface area contributed by atoms with E-state index in [-0.39, 0.29) is 4.90 Å². The van der Waals surface area contributed by atoms with Crippen LogP contribution in [0.1, 0.15) is 10.4 Å². The van der Waals surface area contributed by atoms with Gasteiger partial charge in [-0.2, -0.15) is 0 Å². The second kappa shape index (κ2) is 4.93. The van der Waals surface area contributed by atoms with Crippen LogP contribution in [-0.2, 0) is 10.0 Å². The first kappa shape index (κ1) is 14.0. The molecule has 0 atom stereocenters. The molecule has 1 aromatic heterocycles. The number of benzene rings is 1. The number of carboxylic acids is 1. The number of rotatable bonds is 4. The van der Waals surface area contributed by atoms with E-state index in [1.807, 2.05) is 4.72 Å². The molecule has 0 unspecified atom stereocenters. The molecule has 0 spiro atoms. The summed E-state index contributed by atoms with van der Waals surface area (Å²) in [6, 6.07) is 2.11. The van der Waals surface area contributed by atoms with E-state index in [4.69, 9.17) is 5.11 Å². The summed E-state index contributed by atoms with van der Waals surface area (Å²) in [5.74, 6) is -4.14. The molecule has 0 bridgehead atoms. The number of carboxylic acid groups (broad SMARTS) is 1. The highest BCUT2D eigenvalue weighted by molar-refractivity contribution is 7.92. The first-order valence-corrected chi connectivity index (χ1v) is 6.67. The zero-order valence-electron chi connectivity index (χ0n) is 9.72. The predicted octanol–water partition coefficient (Wildman–Crippen LogP) is 1.79. The van der Waals surface area contributed by atoms with Gasteiger partial charge in [-0.25, -0.2) is 22.0 Å². The minimum Gasteiger partial charge on any atom is -0.478 e. The molecule has 1 aromatic carbocycles. The summed E-state index contributed by atoms with van der Waals surface area (Å²) in [6.07, 6.45) is 2.50. The zero-order valence-corrected chi connectivity index (χ0v) is 10.5. The number of aromatic amines is 1. The van der Waals surface area contributed by atoms with E-state index in [0.29, 0.717) is 12.1 Å². The second-order valence-corrected chi connectivity index (χ2v) is 5.45. The summed E-state index contributed by atoms with van der Waals surface area (Å²) < 4.78 is 52.2. The van der Waals surface area contributed by atoms with Crippen LogP contribution in [-0.4, -0.2) is 24.5 Å². The van der Waals surface area contributed by atoms with Gasteiger partial charge in [0.1, 0.15) is 16.5 Å². The van der Waals surface area contributed by atoms with Crippen LogP contribution < -0.4 is 4.72 Å². The highest BCUT2D eigenvalue weighted by Gasteiger charge is 2.20. The van der Waals surface area contributed by atoms with E-state index >= 15 is 0 Å². The Morgan fingerprint density at radius 1 is 1.25 bits per heavy atom. The largest absolute Gasteiger partial charge is 0.478 e. The maximum Gasteiger partial charge on any atom is 0.338 e. The smallest absolute Gasteiger partial charge is 0.338 e. The minimum absolute atomic E-state index is 0.168. The number of H-pyrrole nitrogens is 1. The van der Waals surface area contributed by atoms with Crippen LogP contribution in [0.4, 0.5) is 14.5 Å². The molecule has 6 nitrogen and oxygen atoms in total. The molecule has 20 heavy (non-hydrogen) atoms. The molecular formula is C11H8F2N2O4S. The molecule has 3 N–H and O–H groups in total. The standard InChI is InChI=1S/C11H8F2N2O4S/c12-8-4-9(13)10(3-7(8)11(16)17)15-20(18,19)6-1-2-14-5-6/h1-5,14-15H,(H,16,17). The summed E-state index contributed by atoms with van der Waals surface area (Å²) in [7, 11) is -4.08. The van der Waals surface area contributed by atoms with Crippen LogP contribution in [0.25, 0.3) is 0 Å². The fourth-order valence-electron chi connectivity index (χ4n) is 1.47. The number of hydrogen-bond donors (Lipinski definition) is 3. The molecule has 0 aliphatic carbocycles. The van der Waals surface area contributed by atoms with Crippen molar-refractivity contribution in [3.63, 3.8) is 0 Å². The zero-order chi connectivity index (χ0) is 14.9. The lowest BCUT2D eigenvalue weighted by molar-refractivity contribution is 0.0692. The number of nitrogens with one attached hydrogen (secondary N) is 2. The topological polar surface area (TPSA) is 99.3 Å². The number of carbonyl (C=O) groups is 1. The maximum atomic E-state index is 13.5. The van der Waals surface area contributed by atoms with E-state index in [0.717, 1.165) is 6.20 Å². The lowest BCUT2D eigenvalue weighted by Gasteiger charge is -2.09. The van der Waals surface area contributed by atoms with Crippen LogP contribution in [0.3, 0.4) is 0 Å². The van der Waals surface area contributed by atoms with Gasteiger partial charge in [-0.3, -0.25) is 4.72 Å². The van der Waals surface area contributed by atoms with Crippen molar-refractivity contribution in [1.82, 2.24) is 4.98 Å². The van der Waals surface area contributed by atoms with Gasteiger partial charge >= 0.3 is 5.97 Å². The number of aromatic carboxylic acids is 1. The summed E-state index contributed by atoms with van der Waals surface area (Å²) >= 11 is 0. The first-order valence-electron chi connectivity index (χ1n) is 5.19. The molecule has 106 valence electrons. The van der Waals surface area contributed by atoms with Gasteiger partial charge < -0.3 is 10.1 Å². The van der Waals surface area contributed by atoms with Gasteiger partial charge in [-0.1, -0.05) is 0 Å². The maximum absolute atomic E-state index is 13.5. The SMILES string of the molecule is O=C(O)c1cc(NS(=O)(=O)c2cc[nH]c2)c(F)cc1F. The minimum atomic E-state index is -4.08. The van der Waals surface area contributed by atoms with Gasteiger partial charge in [-0.05, 0) is 12.1 Å². The van der Waals surface area contributed by atoms with Crippen LogP contribution in [0.2, 0.25) is 0 Å². The number of sulfonamides is 1. The molecule has 0 radical (unpaired) electrons. The Kier molecular flexibility index (Phi) is 3.45. The quantitative estimate of drug-likeness (QED) is 0.801. The average molecular weight is 302 g/mol. The highest BCUT2D eigenvalue weighted by atomic mass is 32.2. The molecular weight excluding hydrogens is 294 g/mol. The summed E-state index contributed by atoms with van der Waals surface area (Å²) in [4.78, 5) is 13.1. The Labute approximate surface area is 112 Å². The molecule has 0 amide bonds. The summed E-state index contributed by atoms with van der Waals surface area (Å²) in [6.45, 7) is 0. The van der Waals surface area contributed by atoms with Gasteiger partial charge in [0, 0.05) is 18.5 Å². The van der Waals surface area contributed by atoms with Gasteiger partial charge in [0.25, 0.3) is 10.0 Å². The molecule has 0 saturated heterocycles. The summed E-state index contributed by atoms with van der Waals surface area (Å²) in [5.41, 5.74) is -1.48. The van der Waals surface area contributed by atoms with Crippen molar-refractivity contribution < 1.29 is 27.1 Å². The molecule has 2 rings (SSSR count). The Bertz CT molecular complexity index is 757. The molecule has 0 saturated carbocycles. The fourth-order valence-corrected chi connectivity index (χ4v) is 2.50. The number of halogens is 2. The van der Waals surface area contributed by atoms with Crippen molar-refractivity contribution in [3.05, 3.63) is 47.8 Å². The lowest BCUT2D eigenvalue weighted by Crippen LogP contribution is -2.14. The number of aromatic nitrogens is 1. The molecule has 2 aromatic rings. The average Bonchev–Trinajstić information content (AvgIpc) is 2.86. The van der Waals surface area contributed by atoms with E-state index in [2.05, 4.69) is 4.98 Å². The Hall–Kier alpha value is -2.42. The lowest BCUT2D eigenvalue weighted by atomic mass is 10.2. The fraction of sp³-hybridized carbons (Fsp3) is 0. The van der Waals surface area contributed by atoms with Crippen molar-refractivity contribution in [3.8, 4) is 0 Å². The van der Waals surface area contributed by atoms with E-state index in [9.17, 15) is 22.0 Å². The van der Waals surface area contributed by atoms with Crippen molar-refractivity contribution >= 4 is 21.7 Å². The molecule has 0 aliphatic rings. The molecule has 9 heteroatoms. The van der Waals surface area contributed by atoms with Gasteiger partial charge in [-0.15, -0.1) is 0 Å². The monoisotopic (exact) mass is 302 g/mol. The molecule has 0 fully saturated rings.